The Bertz CT molecular complexity index is 139. The van der Waals surface area contributed by atoms with E-state index in [9.17, 15) is 4.39 Å². The van der Waals surface area contributed by atoms with E-state index in [1.807, 2.05) is 0 Å². The number of ether oxygens (including phenoxy) is 1. The lowest BCUT2D eigenvalue weighted by molar-refractivity contribution is 0.125. The van der Waals surface area contributed by atoms with Crippen molar-refractivity contribution in [1.82, 2.24) is 0 Å². The minimum Gasteiger partial charge on any atom is -0.499 e. The summed E-state index contributed by atoms with van der Waals surface area (Å²) in [4.78, 5) is 0. The summed E-state index contributed by atoms with van der Waals surface area (Å²) in [7, 11) is 1.56. The van der Waals surface area contributed by atoms with Gasteiger partial charge in [0.2, 0.25) is 0 Å². The first kappa shape index (κ1) is 6.61. The Balaban J connectivity index is 2.65. The number of hydrogen-bond donors (Lipinski definition) is 1. The molecule has 0 aromatic rings. The van der Waals surface area contributed by atoms with Crippen LogP contribution in [0.2, 0.25) is 0 Å². The van der Waals surface area contributed by atoms with Gasteiger partial charge in [0.25, 0.3) is 0 Å². The molecule has 0 aromatic heterocycles. The van der Waals surface area contributed by atoms with Gasteiger partial charge in [0.15, 0.2) is 14.0 Å². The summed E-state index contributed by atoms with van der Waals surface area (Å²) in [5.41, 5.74) is 0. The van der Waals surface area contributed by atoms with Crippen LogP contribution >= 0.6 is 0 Å². The van der Waals surface area contributed by atoms with Crippen molar-refractivity contribution in [3.05, 3.63) is 12.3 Å². The van der Waals surface area contributed by atoms with Gasteiger partial charge in [0, 0.05) is 0 Å². The van der Waals surface area contributed by atoms with Crippen LogP contribution in [0.15, 0.2) is 12.3 Å². The van der Waals surface area contributed by atoms with Crippen molar-refractivity contribution in [2.45, 2.75) is 18.3 Å². The van der Waals surface area contributed by atoms with E-state index in [0.717, 1.165) is 0 Å². The van der Waals surface area contributed by atoms with Crippen molar-refractivity contribution in [3.63, 3.8) is 0 Å². The van der Waals surface area contributed by atoms with Gasteiger partial charge in [-0.3, -0.25) is 0 Å². The Labute approximate surface area is 53.7 Å². The normalized spacial score (nSPS) is 42.9. The number of alkyl halides is 1. The third kappa shape index (κ3) is 0.943. The molecule has 1 aliphatic rings. The Kier molecular flexibility index (Phi) is 1.49. The zero-order valence-corrected chi connectivity index (χ0v) is 5.17. The molecule has 1 rings (SSSR count). The van der Waals surface area contributed by atoms with Crippen LogP contribution in [0.25, 0.3) is 0 Å². The molecule has 0 radical (unpaired) electrons. The second kappa shape index (κ2) is 2.03. The molecule has 1 saturated heterocycles. The highest BCUT2D eigenvalue weighted by Crippen LogP contribution is 2.23. The van der Waals surface area contributed by atoms with Gasteiger partial charge in [-0.25, -0.2) is 4.39 Å². The van der Waals surface area contributed by atoms with E-state index in [1.165, 1.54) is 0 Å². The van der Waals surface area contributed by atoms with E-state index >= 15 is 0 Å². The lowest BCUT2D eigenvalue weighted by atomic mass is 9.95. The maximum absolute atomic E-state index is 12.5. The van der Waals surface area contributed by atoms with Crippen molar-refractivity contribution < 1.29 is 14.2 Å². The van der Waals surface area contributed by atoms with E-state index < -0.39 is 18.3 Å². The summed E-state index contributed by atoms with van der Waals surface area (Å²) in [6.07, 6.45) is -2.43. The van der Waals surface area contributed by atoms with Crippen LogP contribution in [0.5, 0.6) is 0 Å². The first-order valence-corrected chi connectivity index (χ1v) is 2.80. The largest absolute Gasteiger partial charge is 0.499 e. The fourth-order valence-corrected chi connectivity index (χ4v) is 0.808. The third-order valence-electron chi connectivity index (χ3n) is 1.42. The molecule has 1 N–H and O–H groups in total. The van der Waals surface area contributed by atoms with Crippen molar-refractivity contribution in [1.29, 1.82) is 0 Å². The van der Waals surface area contributed by atoms with E-state index in [-0.39, 0.29) is 5.76 Å². The monoisotopic (exact) mass is 130 g/mol. The van der Waals surface area contributed by atoms with Gasteiger partial charge in [0.05, 0.1) is 6.00 Å². The molecule has 0 amide bonds. The molecule has 4 heteroatoms. The topological polar surface area (TPSA) is 29.5 Å². The molecule has 3 unspecified atom stereocenters. The van der Waals surface area contributed by atoms with Crippen molar-refractivity contribution >= 4 is 7.85 Å². The standard InChI is InChI=1S/C5H8BFO2/c1-2-4(8)3(7)5(6)9-2/h3-5,8H,1,6H2. The van der Waals surface area contributed by atoms with Gasteiger partial charge >= 0.3 is 0 Å². The maximum Gasteiger partial charge on any atom is 0.161 e. The average Bonchev–Trinajstić information content (AvgIpc) is 1.98. The molecule has 0 aliphatic carbocycles. The smallest absolute Gasteiger partial charge is 0.161 e. The number of aliphatic hydroxyl groups is 1. The Hall–Kier alpha value is -0.505. The second-order valence-electron chi connectivity index (χ2n) is 2.18. The highest BCUT2D eigenvalue weighted by molar-refractivity contribution is 6.11. The first-order chi connectivity index (χ1) is 4.13. The highest BCUT2D eigenvalue weighted by Gasteiger charge is 2.36. The van der Waals surface area contributed by atoms with Crippen molar-refractivity contribution in [3.8, 4) is 0 Å². The summed E-state index contributed by atoms with van der Waals surface area (Å²) in [5.74, 6) is 0.134. The third-order valence-corrected chi connectivity index (χ3v) is 1.42. The molecular weight excluding hydrogens is 122 g/mol. The number of rotatable bonds is 0. The van der Waals surface area contributed by atoms with Crippen LogP contribution in [0, 0.1) is 0 Å². The molecular formula is C5H8BFO2. The van der Waals surface area contributed by atoms with Gasteiger partial charge in [-0.15, -0.1) is 0 Å². The predicted molar refractivity (Wildman–Crippen MR) is 33.5 cm³/mol. The molecule has 0 bridgehead atoms. The molecule has 0 spiro atoms. The lowest BCUT2D eigenvalue weighted by Gasteiger charge is -2.03. The quantitative estimate of drug-likeness (QED) is 0.434. The molecule has 3 atom stereocenters. The van der Waals surface area contributed by atoms with E-state index in [1.54, 1.807) is 7.85 Å². The number of hydrogen-bond acceptors (Lipinski definition) is 2. The van der Waals surface area contributed by atoms with Gasteiger partial charge in [-0.2, -0.15) is 0 Å². The fraction of sp³-hybridized carbons (Fsp3) is 0.600. The molecule has 9 heavy (non-hydrogen) atoms. The minimum atomic E-state index is -1.31. The maximum atomic E-state index is 12.5. The average molecular weight is 130 g/mol. The lowest BCUT2D eigenvalue weighted by Crippen LogP contribution is -2.24. The molecule has 2 nitrogen and oxygen atoms in total. The highest BCUT2D eigenvalue weighted by atomic mass is 19.1. The Morgan fingerprint density at radius 2 is 2.33 bits per heavy atom. The second-order valence-corrected chi connectivity index (χ2v) is 2.18. The Morgan fingerprint density at radius 1 is 1.78 bits per heavy atom. The summed E-state index contributed by atoms with van der Waals surface area (Å²) < 4.78 is 17.3. The first-order valence-electron chi connectivity index (χ1n) is 2.80. The molecule has 0 saturated carbocycles. The number of aliphatic hydroxyl groups excluding tert-OH is 1. The van der Waals surface area contributed by atoms with Crippen LogP contribution in [0.1, 0.15) is 0 Å². The van der Waals surface area contributed by atoms with Crippen molar-refractivity contribution in [2.75, 3.05) is 0 Å². The van der Waals surface area contributed by atoms with E-state index in [4.69, 9.17) is 9.84 Å². The number of halogens is 1. The molecule has 1 aliphatic heterocycles. The Morgan fingerprint density at radius 3 is 2.44 bits per heavy atom. The molecule has 1 heterocycles. The van der Waals surface area contributed by atoms with E-state index in [2.05, 4.69) is 6.58 Å². The van der Waals surface area contributed by atoms with Crippen LogP contribution in [0.3, 0.4) is 0 Å². The molecule has 50 valence electrons. The molecule has 0 aromatic carbocycles. The summed E-state index contributed by atoms with van der Waals surface area (Å²) in [5, 5.41) is 8.84. The summed E-state index contributed by atoms with van der Waals surface area (Å²) >= 11 is 0. The van der Waals surface area contributed by atoms with Crippen LogP contribution in [0.4, 0.5) is 4.39 Å². The summed E-state index contributed by atoms with van der Waals surface area (Å²) in [6, 6.07) is -0.549. The fourth-order valence-electron chi connectivity index (χ4n) is 0.808. The van der Waals surface area contributed by atoms with Crippen LogP contribution in [-0.2, 0) is 4.74 Å². The zero-order valence-electron chi connectivity index (χ0n) is 5.17. The van der Waals surface area contributed by atoms with Gasteiger partial charge in [-0.1, -0.05) is 6.58 Å². The SMILES string of the molecule is BC1OC(=C)C(O)C1F. The van der Waals surface area contributed by atoms with Gasteiger partial charge < -0.3 is 9.84 Å². The van der Waals surface area contributed by atoms with E-state index in [0.29, 0.717) is 0 Å². The summed E-state index contributed by atoms with van der Waals surface area (Å²) in [6.45, 7) is 3.32. The van der Waals surface area contributed by atoms with Crippen molar-refractivity contribution in [2.24, 2.45) is 0 Å². The molecule has 1 fully saturated rings. The zero-order chi connectivity index (χ0) is 7.02. The van der Waals surface area contributed by atoms with Crippen LogP contribution < -0.4 is 0 Å². The minimum absolute atomic E-state index is 0.134. The van der Waals surface area contributed by atoms with Crippen LogP contribution in [-0.4, -0.2) is 31.2 Å². The van der Waals surface area contributed by atoms with Gasteiger partial charge in [0.1, 0.15) is 11.9 Å². The van der Waals surface area contributed by atoms with Gasteiger partial charge in [-0.05, 0) is 0 Å². The predicted octanol–water partition coefficient (Wildman–Crippen LogP) is -0.812.